The molecule has 0 radical (unpaired) electrons. The molecule has 27 heavy (non-hydrogen) atoms. The molecule has 0 aliphatic carbocycles. The number of carbonyl (C=O) groups is 2. The van der Waals surface area contributed by atoms with E-state index in [4.69, 9.17) is 4.74 Å². The van der Waals surface area contributed by atoms with Gasteiger partial charge in [-0.3, -0.25) is 9.59 Å². The summed E-state index contributed by atoms with van der Waals surface area (Å²) < 4.78 is 29.0. The highest BCUT2D eigenvalue weighted by Gasteiger charge is 2.34. The van der Waals surface area contributed by atoms with Crippen molar-refractivity contribution in [3.63, 3.8) is 0 Å². The van der Waals surface area contributed by atoms with Crippen LogP contribution in [0.2, 0.25) is 0 Å². The highest BCUT2D eigenvalue weighted by Crippen LogP contribution is 2.22. The Bertz CT molecular complexity index is 802. The molecule has 148 valence electrons. The van der Waals surface area contributed by atoms with E-state index in [0.717, 1.165) is 12.8 Å². The van der Waals surface area contributed by atoms with E-state index in [1.54, 1.807) is 29.2 Å². The van der Waals surface area contributed by atoms with E-state index in [1.807, 2.05) is 6.92 Å². The van der Waals surface area contributed by atoms with Crippen LogP contribution in [0.25, 0.3) is 0 Å². The molecular formula is C19H26N2O5S. The predicted molar refractivity (Wildman–Crippen MR) is 102 cm³/mol. The van der Waals surface area contributed by atoms with Crippen LogP contribution in [0.3, 0.4) is 0 Å². The topological polar surface area (TPSA) is 92.8 Å². The number of rotatable bonds is 6. The fourth-order valence-corrected chi connectivity index (χ4v) is 5.35. The smallest absolute Gasteiger partial charge is 0.254 e. The van der Waals surface area contributed by atoms with Gasteiger partial charge in [-0.2, -0.15) is 0 Å². The van der Waals surface area contributed by atoms with Crippen LogP contribution >= 0.6 is 0 Å². The molecule has 2 atom stereocenters. The Labute approximate surface area is 160 Å². The van der Waals surface area contributed by atoms with Crippen molar-refractivity contribution in [1.29, 1.82) is 0 Å². The van der Waals surface area contributed by atoms with Crippen molar-refractivity contribution >= 4 is 27.3 Å². The van der Waals surface area contributed by atoms with Crippen molar-refractivity contribution in [1.82, 2.24) is 4.90 Å². The average molecular weight is 394 g/mol. The van der Waals surface area contributed by atoms with Gasteiger partial charge < -0.3 is 15.0 Å². The zero-order chi connectivity index (χ0) is 19.4. The van der Waals surface area contributed by atoms with Crippen molar-refractivity contribution in [3.8, 4) is 0 Å². The second-order valence-corrected chi connectivity index (χ2v) is 9.36. The molecule has 1 aromatic rings. The van der Waals surface area contributed by atoms with Gasteiger partial charge in [-0.05, 0) is 43.9 Å². The number of amides is 2. The van der Waals surface area contributed by atoms with E-state index >= 15 is 0 Å². The van der Waals surface area contributed by atoms with Crippen molar-refractivity contribution in [2.24, 2.45) is 0 Å². The molecule has 7 nitrogen and oxygen atoms in total. The van der Waals surface area contributed by atoms with Crippen LogP contribution in [0.5, 0.6) is 0 Å². The van der Waals surface area contributed by atoms with Crippen LogP contribution in [0.1, 0.15) is 43.0 Å². The molecule has 2 heterocycles. The minimum atomic E-state index is -3.07. The molecule has 2 saturated heterocycles. The summed E-state index contributed by atoms with van der Waals surface area (Å²) in [6.45, 7) is 3.06. The monoisotopic (exact) mass is 394 g/mol. The van der Waals surface area contributed by atoms with E-state index in [2.05, 4.69) is 5.32 Å². The van der Waals surface area contributed by atoms with Gasteiger partial charge in [0.15, 0.2) is 9.84 Å². The first kappa shape index (κ1) is 19.8. The van der Waals surface area contributed by atoms with Crippen LogP contribution in [-0.4, -0.2) is 61.9 Å². The molecule has 2 aliphatic heterocycles. The number of sulfone groups is 1. The number of nitrogens with zero attached hydrogens (tertiary/aromatic N) is 1. The number of benzene rings is 1. The number of nitrogens with one attached hydrogen (secondary N) is 1. The van der Waals surface area contributed by atoms with E-state index in [0.29, 0.717) is 37.2 Å². The quantitative estimate of drug-likeness (QED) is 0.795. The number of anilines is 1. The molecule has 2 amide bonds. The highest BCUT2D eigenvalue weighted by atomic mass is 32.2. The molecule has 0 saturated carbocycles. The van der Waals surface area contributed by atoms with Gasteiger partial charge in [0.1, 0.15) is 6.10 Å². The molecule has 0 spiro atoms. The Balaban J connectivity index is 1.73. The average Bonchev–Trinajstić information content (AvgIpc) is 3.29. The van der Waals surface area contributed by atoms with Gasteiger partial charge in [-0.25, -0.2) is 8.42 Å². The summed E-state index contributed by atoms with van der Waals surface area (Å²) in [5.74, 6) is -0.256. The fraction of sp³-hybridized carbons (Fsp3) is 0.579. The number of hydrogen-bond acceptors (Lipinski definition) is 5. The standard InChI is InChI=1S/C19H26N2O5S/c1-2-9-21(16-8-11-27(24,25)13-16)19(23)14-5-3-6-15(12-14)20-18(22)17-7-4-10-26-17/h3,5-6,12,16-17H,2,4,7-11,13H2,1H3,(H,20,22). The van der Waals surface area contributed by atoms with Gasteiger partial charge in [0.2, 0.25) is 0 Å². The molecule has 3 rings (SSSR count). The molecular weight excluding hydrogens is 368 g/mol. The van der Waals surface area contributed by atoms with Crippen LogP contribution in [0.15, 0.2) is 24.3 Å². The summed E-state index contributed by atoms with van der Waals surface area (Å²) in [7, 11) is -3.07. The maximum Gasteiger partial charge on any atom is 0.254 e. The maximum absolute atomic E-state index is 13.0. The fourth-order valence-electron chi connectivity index (χ4n) is 3.62. The molecule has 1 aromatic carbocycles. The largest absolute Gasteiger partial charge is 0.368 e. The molecule has 2 aliphatic rings. The molecule has 2 fully saturated rings. The lowest BCUT2D eigenvalue weighted by Gasteiger charge is -2.28. The first-order valence-electron chi connectivity index (χ1n) is 9.43. The SMILES string of the molecule is CCCN(C(=O)c1cccc(NC(=O)C2CCCO2)c1)C1CCS(=O)(=O)C1. The maximum atomic E-state index is 13.0. The normalized spacial score (nSPS) is 23.9. The lowest BCUT2D eigenvalue weighted by molar-refractivity contribution is -0.124. The van der Waals surface area contributed by atoms with Crippen LogP contribution in [0, 0.1) is 0 Å². The van der Waals surface area contributed by atoms with E-state index in [1.165, 1.54) is 0 Å². The van der Waals surface area contributed by atoms with Crippen LogP contribution < -0.4 is 5.32 Å². The zero-order valence-electron chi connectivity index (χ0n) is 15.5. The Kier molecular flexibility index (Phi) is 6.16. The third-order valence-corrected chi connectivity index (χ3v) is 6.72. The minimum Gasteiger partial charge on any atom is -0.368 e. The Morgan fingerprint density at radius 2 is 2.11 bits per heavy atom. The highest BCUT2D eigenvalue weighted by molar-refractivity contribution is 7.91. The summed E-state index contributed by atoms with van der Waals surface area (Å²) in [6.07, 6.45) is 2.35. The van der Waals surface area contributed by atoms with E-state index < -0.39 is 15.9 Å². The first-order valence-corrected chi connectivity index (χ1v) is 11.3. The van der Waals surface area contributed by atoms with Crippen molar-refractivity contribution in [2.45, 2.75) is 44.8 Å². The van der Waals surface area contributed by atoms with Crippen molar-refractivity contribution in [3.05, 3.63) is 29.8 Å². The first-order chi connectivity index (χ1) is 12.9. The molecule has 8 heteroatoms. The lowest BCUT2D eigenvalue weighted by Crippen LogP contribution is -2.41. The third-order valence-electron chi connectivity index (χ3n) is 4.97. The van der Waals surface area contributed by atoms with Crippen molar-refractivity contribution in [2.75, 3.05) is 30.0 Å². The number of carbonyl (C=O) groups excluding carboxylic acids is 2. The van der Waals surface area contributed by atoms with Gasteiger partial charge in [-0.1, -0.05) is 13.0 Å². The zero-order valence-corrected chi connectivity index (χ0v) is 16.3. The Hall–Kier alpha value is -1.93. The summed E-state index contributed by atoms with van der Waals surface area (Å²) in [6, 6.07) is 6.49. The second kappa shape index (κ2) is 8.39. The third kappa shape index (κ3) is 4.87. The second-order valence-electron chi connectivity index (χ2n) is 7.13. The summed E-state index contributed by atoms with van der Waals surface area (Å²) in [5.41, 5.74) is 0.981. The molecule has 2 unspecified atom stereocenters. The minimum absolute atomic E-state index is 0.0220. The lowest BCUT2D eigenvalue weighted by atomic mass is 10.1. The van der Waals surface area contributed by atoms with Gasteiger partial charge in [0.25, 0.3) is 11.8 Å². The molecule has 0 aromatic heterocycles. The van der Waals surface area contributed by atoms with Crippen molar-refractivity contribution < 1.29 is 22.7 Å². The Morgan fingerprint density at radius 1 is 1.30 bits per heavy atom. The summed E-state index contributed by atoms with van der Waals surface area (Å²) in [4.78, 5) is 26.9. The number of hydrogen-bond donors (Lipinski definition) is 1. The molecule has 0 bridgehead atoms. The predicted octanol–water partition coefficient (Wildman–Crippen LogP) is 1.84. The molecule has 1 N–H and O–H groups in total. The van der Waals surface area contributed by atoms with Gasteiger partial charge >= 0.3 is 0 Å². The Morgan fingerprint density at radius 3 is 2.74 bits per heavy atom. The summed E-state index contributed by atoms with van der Waals surface area (Å²) in [5, 5.41) is 2.80. The number of ether oxygens (including phenoxy) is 1. The van der Waals surface area contributed by atoms with Crippen LogP contribution in [0.4, 0.5) is 5.69 Å². The van der Waals surface area contributed by atoms with Crippen LogP contribution in [-0.2, 0) is 19.4 Å². The summed E-state index contributed by atoms with van der Waals surface area (Å²) >= 11 is 0. The van der Waals surface area contributed by atoms with Gasteiger partial charge in [0.05, 0.1) is 11.5 Å². The van der Waals surface area contributed by atoms with Gasteiger partial charge in [-0.15, -0.1) is 0 Å². The van der Waals surface area contributed by atoms with E-state index in [9.17, 15) is 18.0 Å². The van der Waals surface area contributed by atoms with Gasteiger partial charge in [0, 0.05) is 30.4 Å². The van der Waals surface area contributed by atoms with E-state index in [-0.39, 0.29) is 29.4 Å².